The summed E-state index contributed by atoms with van der Waals surface area (Å²) in [5, 5.41) is 20.2. The fourth-order valence-corrected chi connectivity index (χ4v) is 1.68. The quantitative estimate of drug-likeness (QED) is 0.748. The normalized spacial score (nSPS) is 15.9. The first-order valence-electron chi connectivity index (χ1n) is 5.15. The number of aliphatic hydroxyl groups excluding tert-OH is 1. The molecule has 0 radical (unpaired) electrons. The molecule has 0 aliphatic heterocycles. The van der Waals surface area contributed by atoms with Crippen molar-refractivity contribution < 1.29 is 10.2 Å². The molecule has 4 N–H and O–H groups in total. The molecule has 4 heteroatoms. The molecule has 0 saturated carbocycles. The van der Waals surface area contributed by atoms with Gasteiger partial charge < -0.3 is 15.9 Å². The lowest BCUT2D eigenvalue weighted by molar-refractivity contribution is 0.0395. The van der Waals surface area contributed by atoms with E-state index >= 15 is 0 Å². The summed E-state index contributed by atoms with van der Waals surface area (Å²) in [6.45, 7) is 5.66. The Morgan fingerprint density at radius 1 is 1.31 bits per heavy atom. The van der Waals surface area contributed by atoms with Crippen LogP contribution >= 0.6 is 11.6 Å². The van der Waals surface area contributed by atoms with E-state index in [1.165, 1.54) is 6.07 Å². The van der Waals surface area contributed by atoms with Gasteiger partial charge in [-0.3, -0.25) is 0 Å². The van der Waals surface area contributed by atoms with E-state index in [0.29, 0.717) is 10.6 Å². The Kier molecular flexibility index (Phi) is 3.84. The number of nitrogens with two attached hydrogens (primary N) is 1. The standard InChI is InChI=1S/C12H18ClNO2/c1-12(2,3)11(16)10(14)8-6-7(13)4-5-9(8)15/h4-6,10-11,15-16H,14H2,1-3H3/t10-,11-/m0/s1. The van der Waals surface area contributed by atoms with Gasteiger partial charge in [0.25, 0.3) is 0 Å². The van der Waals surface area contributed by atoms with Crippen LogP contribution in [0.3, 0.4) is 0 Å². The molecule has 1 rings (SSSR count). The SMILES string of the molecule is CC(C)(C)[C@@H](O)[C@@H](N)c1cc(Cl)ccc1O. The fourth-order valence-electron chi connectivity index (χ4n) is 1.50. The highest BCUT2D eigenvalue weighted by Crippen LogP contribution is 2.33. The van der Waals surface area contributed by atoms with Crippen molar-refractivity contribution in [1.82, 2.24) is 0 Å². The van der Waals surface area contributed by atoms with Gasteiger partial charge in [-0.05, 0) is 23.6 Å². The van der Waals surface area contributed by atoms with Crippen LogP contribution in [0.4, 0.5) is 0 Å². The summed E-state index contributed by atoms with van der Waals surface area (Å²) in [7, 11) is 0. The predicted molar refractivity (Wildman–Crippen MR) is 65.5 cm³/mol. The Morgan fingerprint density at radius 2 is 1.88 bits per heavy atom. The van der Waals surface area contributed by atoms with E-state index in [0.717, 1.165) is 0 Å². The topological polar surface area (TPSA) is 66.5 Å². The third-order valence-electron chi connectivity index (χ3n) is 2.58. The van der Waals surface area contributed by atoms with Gasteiger partial charge in [0.2, 0.25) is 0 Å². The number of hydrogen-bond acceptors (Lipinski definition) is 3. The molecule has 0 aliphatic rings. The molecular weight excluding hydrogens is 226 g/mol. The van der Waals surface area contributed by atoms with Gasteiger partial charge in [-0.1, -0.05) is 32.4 Å². The number of rotatable bonds is 2. The monoisotopic (exact) mass is 243 g/mol. The summed E-state index contributed by atoms with van der Waals surface area (Å²) in [6, 6.07) is 3.98. The minimum absolute atomic E-state index is 0.0557. The number of aliphatic hydroxyl groups is 1. The van der Waals surface area contributed by atoms with Gasteiger partial charge in [-0.25, -0.2) is 0 Å². The summed E-state index contributed by atoms with van der Waals surface area (Å²) < 4.78 is 0. The van der Waals surface area contributed by atoms with Crippen molar-refractivity contribution >= 4 is 11.6 Å². The molecule has 0 fully saturated rings. The first-order chi connectivity index (χ1) is 7.23. The zero-order valence-electron chi connectivity index (χ0n) is 9.74. The van der Waals surface area contributed by atoms with Crippen LogP contribution in [0.25, 0.3) is 0 Å². The zero-order valence-corrected chi connectivity index (χ0v) is 10.5. The van der Waals surface area contributed by atoms with Crippen molar-refractivity contribution in [3.63, 3.8) is 0 Å². The molecule has 90 valence electrons. The summed E-state index contributed by atoms with van der Waals surface area (Å²) in [5.41, 5.74) is 6.04. The van der Waals surface area contributed by atoms with Crippen LogP contribution in [0.1, 0.15) is 32.4 Å². The van der Waals surface area contributed by atoms with Gasteiger partial charge in [0.1, 0.15) is 5.75 Å². The lowest BCUT2D eigenvalue weighted by atomic mass is 9.82. The third-order valence-corrected chi connectivity index (χ3v) is 2.81. The largest absolute Gasteiger partial charge is 0.508 e. The van der Waals surface area contributed by atoms with Gasteiger partial charge in [0, 0.05) is 10.6 Å². The maximum Gasteiger partial charge on any atom is 0.120 e. The molecular formula is C12H18ClNO2. The third kappa shape index (κ3) is 2.88. The molecule has 0 aromatic heterocycles. The molecule has 2 atom stereocenters. The second-order valence-electron chi connectivity index (χ2n) is 5.04. The highest BCUT2D eigenvalue weighted by molar-refractivity contribution is 6.30. The molecule has 0 bridgehead atoms. The second-order valence-corrected chi connectivity index (χ2v) is 5.48. The van der Waals surface area contributed by atoms with Crippen molar-refractivity contribution in [1.29, 1.82) is 0 Å². The maximum absolute atomic E-state index is 10.0. The van der Waals surface area contributed by atoms with E-state index < -0.39 is 12.1 Å². The first kappa shape index (κ1) is 13.3. The average Bonchev–Trinajstić information content (AvgIpc) is 2.18. The summed E-state index contributed by atoms with van der Waals surface area (Å²) in [4.78, 5) is 0. The molecule has 3 nitrogen and oxygen atoms in total. The van der Waals surface area contributed by atoms with Gasteiger partial charge in [0.05, 0.1) is 12.1 Å². The van der Waals surface area contributed by atoms with E-state index in [1.807, 2.05) is 20.8 Å². The van der Waals surface area contributed by atoms with Crippen LogP contribution in [0, 0.1) is 5.41 Å². The first-order valence-corrected chi connectivity index (χ1v) is 5.53. The van der Waals surface area contributed by atoms with Crippen molar-refractivity contribution in [2.24, 2.45) is 11.1 Å². The Hall–Kier alpha value is -0.770. The van der Waals surface area contributed by atoms with Crippen LogP contribution < -0.4 is 5.73 Å². The molecule has 0 unspecified atom stereocenters. The highest BCUT2D eigenvalue weighted by atomic mass is 35.5. The molecule has 0 heterocycles. The summed E-state index contributed by atoms with van der Waals surface area (Å²) >= 11 is 5.83. The Morgan fingerprint density at radius 3 is 2.38 bits per heavy atom. The van der Waals surface area contributed by atoms with Crippen LogP contribution in [0.15, 0.2) is 18.2 Å². The summed E-state index contributed by atoms with van der Waals surface area (Å²) in [5.74, 6) is 0.0557. The predicted octanol–water partition coefficient (Wildman–Crippen LogP) is 2.45. The van der Waals surface area contributed by atoms with Gasteiger partial charge >= 0.3 is 0 Å². The molecule has 1 aromatic rings. The maximum atomic E-state index is 10.0. The van der Waals surface area contributed by atoms with Crippen LogP contribution in [0.5, 0.6) is 5.75 Å². The van der Waals surface area contributed by atoms with Crippen molar-refractivity contribution in [2.75, 3.05) is 0 Å². The Labute approximate surface area is 101 Å². The minimum Gasteiger partial charge on any atom is -0.508 e. The second kappa shape index (κ2) is 4.62. The molecule has 0 aliphatic carbocycles. The van der Waals surface area contributed by atoms with Crippen LogP contribution in [-0.4, -0.2) is 16.3 Å². The smallest absolute Gasteiger partial charge is 0.120 e. The molecule has 1 aromatic carbocycles. The minimum atomic E-state index is -0.753. The summed E-state index contributed by atoms with van der Waals surface area (Å²) in [6.07, 6.45) is -0.753. The van der Waals surface area contributed by atoms with E-state index in [4.69, 9.17) is 17.3 Å². The molecule has 0 spiro atoms. The number of aromatic hydroxyl groups is 1. The average molecular weight is 244 g/mol. The fraction of sp³-hybridized carbons (Fsp3) is 0.500. The highest BCUT2D eigenvalue weighted by Gasteiger charge is 2.30. The van der Waals surface area contributed by atoms with Gasteiger partial charge in [-0.15, -0.1) is 0 Å². The lowest BCUT2D eigenvalue weighted by Crippen LogP contribution is -2.37. The number of phenolic OH excluding ortho intramolecular Hbond substituents is 1. The molecule has 16 heavy (non-hydrogen) atoms. The van der Waals surface area contributed by atoms with E-state index in [-0.39, 0.29) is 11.2 Å². The van der Waals surface area contributed by atoms with Crippen molar-refractivity contribution in [2.45, 2.75) is 32.9 Å². The number of benzene rings is 1. The van der Waals surface area contributed by atoms with Crippen LogP contribution in [-0.2, 0) is 0 Å². The number of hydrogen-bond donors (Lipinski definition) is 3. The van der Waals surface area contributed by atoms with Crippen molar-refractivity contribution in [3.05, 3.63) is 28.8 Å². The van der Waals surface area contributed by atoms with Gasteiger partial charge in [-0.2, -0.15) is 0 Å². The van der Waals surface area contributed by atoms with E-state index in [1.54, 1.807) is 12.1 Å². The Balaban J connectivity index is 3.05. The molecule has 0 saturated heterocycles. The van der Waals surface area contributed by atoms with E-state index in [9.17, 15) is 10.2 Å². The number of phenols is 1. The van der Waals surface area contributed by atoms with Gasteiger partial charge in [0.15, 0.2) is 0 Å². The van der Waals surface area contributed by atoms with Crippen molar-refractivity contribution in [3.8, 4) is 5.75 Å². The Bertz CT molecular complexity index is 374. The number of halogens is 1. The zero-order chi connectivity index (χ0) is 12.5. The molecule has 0 amide bonds. The van der Waals surface area contributed by atoms with Crippen LogP contribution in [0.2, 0.25) is 5.02 Å². The lowest BCUT2D eigenvalue weighted by Gasteiger charge is -2.31. The van der Waals surface area contributed by atoms with E-state index in [2.05, 4.69) is 0 Å².